The Morgan fingerprint density at radius 2 is 1.55 bits per heavy atom. The Hall–Kier alpha value is -4.32. The van der Waals surface area contributed by atoms with Crippen molar-refractivity contribution in [3.63, 3.8) is 0 Å². The minimum Gasteiger partial charge on any atom is -0.361 e. The number of carbonyl (C=O) groups is 2. The summed E-state index contributed by atoms with van der Waals surface area (Å²) in [5.41, 5.74) is 6.84. The number of para-hydroxylation sites is 2. The molecule has 0 saturated carbocycles. The van der Waals surface area contributed by atoms with Crippen LogP contribution in [0.4, 0.5) is 0 Å². The third kappa shape index (κ3) is 3.79. The monoisotopic (exact) mass is 502 g/mol. The summed E-state index contributed by atoms with van der Waals surface area (Å²) in [6.45, 7) is 0.668. The number of amides is 2. The predicted molar refractivity (Wildman–Crippen MR) is 149 cm³/mol. The van der Waals surface area contributed by atoms with E-state index in [4.69, 9.17) is 0 Å². The molecule has 3 aromatic carbocycles. The maximum absolute atomic E-state index is 13.9. The second-order valence-electron chi connectivity index (χ2n) is 10.5. The van der Waals surface area contributed by atoms with Gasteiger partial charge in [0, 0.05) is 46.7 Å². The van der Waals surface area contributed by atoms with Crippen LogP contribution in [0.15, 0.2) is 85.1 Å². The van der Waals surface area contributed by atoms with Crippen LogP contribution >= 0.6 is 0 Å². The fraction of sp³-hybridized carbons (Fsp3) is 0.250. The van der Waals surface area contributed by atoms with E-state index in [9.17, 15) is 9.59 Å². The molecule has 1 fully saturated rings. The number of aryl methyl sites for hydroxylation is 1. The van der Waals surface area contributed by atoms with Crippen molar-refractivity contribution in [2.75, 3.05) is 13.1 Å². The average molecular weight is 503 g/mol. The molecule has 2 aliphatic heterocycles. The summed E-state index contributed by atoms with van der Waals surface area (Å²) in [6, 6.07) is 26.2. The zero-order chi connectivity index (χ0) is 25.6. The smallest absolute Gasteiger partial charge is 0.246 e. The first kappa shape index (κ1) is 22.8. The Morgan fingerprint density at radius 1 is 0.816 bits per heavy atom. The number of nitrogens with one attached hydrogen (secondary N) is 2. The highest BCUT2D eigenvalue weighted by Gasteiger charge is 2.47. The quantitative estimate of drug-likeness (QED) is 0.337. The van der Waals surface area contributed by atoms with E-state index in [2.05, 4.69) is 58.5 Å². The van der Waals surface area contributed by atoms with E-state index in [0.29, 0.717) is 19.4 Å². The molecule has 2 amide bonds. The van der Waals surface area contributed by atoms with Gasteiger partial charge in [0.25, 0.3) is 0 Å². The molecule has 0 bridgehead atoms. The van der Waals surface area contributed by atoms with Crippen LogP contribution in [0.25, 0.3) is 21.8 Å². The van der Waals surface area contributed by atoms with Crippen LogP contribution in [0.5, 0.6) is 0 Å². The second kappa shape index (κ2) is 9.21. The van der Waals surface area contributed by atoms with Crippen molar-refractivity contribution in [2.45, 2.75) is 37.8 Å². The van der Waals surface area contributed by atoms with Crippen LogP contribution in [0.3, 0.4) is 0 Å². The number of aromatic nitrogens is 2. The minimum absolute atomic E-state index is 0.0379. The van der Waals surface area contributed by atoms with E-state index in [-0.39, 0.29) is 24.4 Å². The molecule has 0 aliphatic carbocycles. The van der Waals surface area contributed by atoms with Crippen LogP contribution in [-0.2, 0) is 28.9 Å². The maximum atomic E-state index is 13.9. The number of hydrogen-bond acceptors (Lipinski definition) is 2. The standard InChI is InChI=1S/C32H30N4O2/c37-30-20-35(17-16-22-19-33-26-12-6-4-10-23(22)26)32(38)29-18-25-24-11-5-7-13-27(24)34-31(25)28(36(29)30)15-14-21-8-2-1-3-9-21/h1-13,19,28-29,33-34H,14-18,20H2/t28?,29-/m1/s1. The lowest BCUT2D eigenvalue weighted by atomic mass is 9.86. The topological polar surface area (TPSA) is 72.2 Å². The summed E-state index contributed by atoms with van der Waals surface area (Å²) in [5.74, 6) is 0.0981. The van der Waals surface area contributed by atoms with Crippen LogP contribution in [-0.4, -0.2) is 50.7 Å². The fourth-order valence-electron chi connectivity index (χ4n) is 6.48. The molecule has 2 aromatic heterocycles. The molecule has 0 radical (unpaired) electrons. The number of piperazine rings is 1. The normalized spacial score (nSPS) is 19.3. The van der Waals surface area contributed by atoms with Crippen molar-refractivity contribution >= 4 is 33.6 Å². The first-order valence-electron chi connectivity index (χ1n) is 13.5. The summed E-state index contributed by atoms with van der Waals surface area (Å²) in [7, 11) is 0. The van der Waals surface area contributed by atoms with E-state index in [1.807, 2.05) is 41.4 Å². The average Bonchev–Trinajstić information content (AvgIpc) is 3.54. The van der Waals surface area contributed by atoms with Crippen LogP contribution < -0.4 is 0 Å². The highest BCUT2D eigenvalue weighted by molar-refractivity contribution is 5.97. The highest BCUT2D eigenvalue weighted by atomic mass is 16.2. The molecule has 5 aromatic rings. The molecule has 190 valence electrons. The van der Waals surface area contributed by atoms with Crippen molar-refractivity contribution in [3.05, 3.63) is 107 Å². The summed E-state index contributed by atoms with van der Waals surface area (Å²) < 4.78 is 0. The van der Waals surface area contributed by atoms with Gasteiger partial charge in [-0.25, -0.2) is 0 Å². The third-order valence-corrected chi connectivity index (χ3v) is 8.33. The SMILES string of the molecule is O=C1[C@H]2Cc3c([nH]c4ccccc34)C(CCc3ccccc3)N2C(=O)CN1CCc1c[nH]c2ccccc12. The van der Waals surface area contributed by atoms with E-state index < -0.39 is 6.04 Å². The number of fused-ring (bicyclic) bond motifs is 5. The molecule has 4 heterocycles. The van der Waals surface area contributed by atoms with Gasteiger partial charge in [-0.05, 0) is 48.1 Å². The Kier molecular flexibility index (Phi) is 5.54. The molecular weight excluding hydrogens is 472 g/mol. The largest absolute Gasteiger partial charge is 0.361 e. The summed E-state index contributed by atoms with van der Waals surface area (Å²) in [6.07, 6.45) is 4.90. The number of nitrogens with zero attached hydrogens (tertiary/aromatic N) is 2. The van der Waals surface area contributed by atoms with Gasteiger partial charge in [0.2, 0.25) is 11.8 Å². The molecule has 38 heavy (non-hydrogen) atoms. The molecule has 6 heteroatoms. The van der Waals surface area contributed by atoms with Gasteiger partial charge in [-0.2, -0.15) is 0 Å². The summed E-state index contributed by atoms with van der Waals surface area (Å²) >= 11 is 0. The summed E-state index contributed by atoms with van der Waals surface area (Å²) in [4.78, 5) is 38.3. The lowest BCUT2D eigenvalue weighted by Gasteiger charge is -2.47. The van der Waals surface area contributed by atoms with Gasteiger partial charge in [0.05, 0.1) is 12.6 Å². The highest BCUT2D eigenvalue weighted by Crippen LogP contribution is 2.41. The first-order chi connectivity index (χ1) is 18.7. The van der Waals surface area contributed by atoms with Gasteiger partial charge >= 0.3 is 0 Å². The Balaban J connectivity index is 1.19. The van der Waals surface area contributed by atoms with Crippen molar-refractivity contribution in [2.24, 2.45) is 0 Å². The number of rotatable bonds is 6. The number of H-pyrrole nitrogens is 2. The van der Waals surface area contributed by atoms with E-state index in [1.54, 1.807) is 4.90 Å². The molecule has 6 nitrogen and oxygen atoms in total. The number of benzene rings is 3. The first-order valence-corrected chi connectivity index (χ1v) is 13.5. The van der Waals surface area contributed by atoms with Gasteiger partial charge in [-0.1, -0.05) is 66.7 Å². The van der Waals surface area contributed by atoms with E-state index in [0.717, 1.165) is 35.0 Å². The molecular formula is C32H30N4O2. The van der Waals surface area contributed by atoms with Crippen LogP contribution in [0.1, 0.15) is 34.8 Å². The molecule has 0 spiro atoms. The molecule has 1 saturated heterocycles. The molecule has 2 N–H and O–H groups in total. The van der Waals surface area contributed by atoms with Gasteiger partial charge in [0.1, 0.15) is 6.04 Å². The van der Waals surface area contributed by atoms with Crippen molar-refractivity contribution in [1.82, 2.24) is 19.8 Å². The van der Waals surface area contributed by atoms with Gasteiger partial charge in [-0.3, -0.25) is 9.59 Å². The molecule has 2 atom stereocenters. The zero-order valence-corrected chi connectivity index (χ0v) is 21.2. The van der Waals surface area contributed by atoms with Crippen molar-refractivity contribution in [3.8, 4) is 0 Å². The van der Waals surface area contributed by atoms with Crippen molar-refractivity contribution in [1.29, 1.82) is 0 Å². The lowest BCUT2D eigenvalue weighted by Crippen LogP contribution is -2.63. The van der Waals surface area contributed by atoms with Gasteiger partial charge in [-0.15, -0.1) is 0 Å². The van der Waals surface area contributed by atoms with Crippen molar-refractivity contribution < 1.29 is 9.59 Å². The minimum atomic E-state index is -0.466. The van der Waals surface area contributed by atoms with Crippen LogP contribution in [0.2, 0.25) is 0 Å². The van der Waals surface area contributed by atoms with E-state index >= 15 is 0 Å². The number of hydrogen-bond donors (Lipinski definition) is 2. The third-order valence-electron chi connectivity index (χ3n) is 8.33. The fourth-order valence-corrected chi connectivity index (χ4v) is 6.48. The predicted octanol–water partition coefficient (Wildman–Crippen LogP) is 5.16. The molecule has 1 unspecified atom stereocenters. The van der Waals surface area contributed by atoms with Crippen LogP contribution in [0, 0.1) is 0 Å². The Labute approximate surface area is 221 Å². The van der Waals surface area contributed by atoms with Gasteiger partial charge < -0.3 is 19.8 Å². The van der Waals surface area contributed by atoms with E-state index in [1.165, 1.54) is 22.1 Å². The lowest BCUT2D eigenvalue weighted by molar-refractivity contribution is -0.159. The maximum Gasteiger partial charge on any atom is 0.246 e. The Morgan fingerprint density at radius 3 is 2.39 bits per heavy atom. The second-order valence-corrected chi connectivity index (χ2v) is 10.5. The molecule has 7 rings (SSSR count). The number of aromatic amines is 2. The summed E-state index contributed by atoms with van der Waals surface area (Å²) in [5, 5.41) is 2.33. The molecule has 2 aliphatic rings. The van der Waals surface area contributed by atoms with Gasteiger partial charge in [0.15, 0.2) is 0 Å². The zero-order valence-electron chi connectivity index (χ0n) is 21.2. The number of carbonyl (C=O) groups excluding carboxylic acids is 2. The Bertz CT molecular complexity index is 1650.